The van der Waals surface area contributed by atoms with E-state index in [1.165, 1.54) is 30.6 Å². The summed E-state index contributed by atoms with van der Waals surface area (Å²) in [6.45, 7) is 1.67. The van der Waals surface area contributed by atoms with Gasteiger partial charge in [0, 0.05) is 18.5 Å². The molecule has 0 bridgehead atoms. The van der Waals surface area contributed by atoms with E-state index in [1.54, 1.807) is 6.92 Å². The van der Waals surface area contributed by atoms with E-state index in [0.29, 0.717) is 16.6 Å². The molecule has 0 aliphatic carbocycles. The van der Waals surface area contributed by atoms with Crippen LogP contribution in [0.1, 0.15) is 15.9 Å². The molecule has 1 N–H and O–H groups in total. The average Bonchev–Trinajstić information content (AvgIpc) is 2.50. The van der Waals surface area contributed by atoms with Gasteiger partial charge in [0.25, 0.3) is 5.91 Å². The number of aryl methyl sites for hydroxylation is 1. The van der Waals surface area contributed by atoms with Crippen molar-refractivity contribution < 1.29 is 13.6 Å². The summed E-state index contributed by atoms with van der Waals surface area (Å²) in [4.78, 5) is 20.2. The van der Waals surface area contributed by atoms with Gasteiger partial charge in [0.15, 0.2) is 0 Å². The molecule has 1 amide bonds. The molecular weight excluding hydrogens is 324 g/mol. The molecule has 0 atom stereocenters. The van der Waals surface area contributed by atoms with E-state index in [9.17, 15) is 13.6 Å². The maximum Gasteiger partial charge on any atom is 0.258 e. The van der Waals surface area contributed by atoms with Gasteiger partial charge in [-0.1, -0.05) is 11.6 Å². The Hall–Kier alpha value is -2.60. The molecule has 3 aromatic rings. The molecule has 23 heavy (non-hydrogen) atoms. The van der Waals surface area contributed by atoms with Crippen LogP contribution in [-0.4, -0.2) is 15.9 Å². The molecule has 7 heteroatoms. The van der Waals surface area contributed by atoms with E-state index in [4.69, 9.17) is 11.6 Å². The normalized spacial score (nSPS) is 10.8. The molecular formula is C16H10ClF2N3O. The molecule has 0 aliphatic rings. The van der Waals surface area contributed by atoms with Gasteiger partial charge in [-0.05, 0) is 30.7 Å². The first-order valence-corrected chi connectivity index (χ1v) is 7.01. The van der Waals surface area contributed by atoms with E-state index in [1.807, 2.05) is 0 Å². The number of amides is 1. The predicted octanol–water partition coefficient (Wildman–Crippen LogP) is 4.12. The number of aromatic nitrogens is 2. The first kappa shape index (κ1) is 15.3. The van der Waals surface area contributed by atoms with Crippen molar-refractivity contribution >= 4 is 34.2 Å². The number of carbonyl (C=O) groups excluding carboxylic acids is 1. The molecule has 0 radical (unpaired) electrons. The predicted molar refractivity (Wildman–Crippen MR) is 83.6 cm³/mol. The van der Waals surface area contributed by atoms with Crippen LogP contribution in [0.3, 0.4) is 0 Å². The van der Waals surface area contributed by atoms with Crippen molar-refractivity contribution in [3.05, 3.63) is 64.4 Å². The number of anilines is 1. The number of benzene rings is 2. The lowest BCUT2D eigenvalue weighted by Gasteiger charge is -2.10. The minimum absolute atomic E-state index is 0.0387. The lowest BCUT2D eigenvalue weighted by molar-refractivity contribution is 0.102. The van der Waals surface area contributed by atoms with Gasteiger partial charge in [-0.2, -0.15) is 0 Å². The number of hydrogen-bond acceptors (Lipinski definition) is 3. The summed E-state index contributed by atoms with van der Waals surface area (Å²) < 4.78 is 28.0. The molecule has 1 aromatic heterocycles. The Morgan fingerprint density at radius 1 is 1.04 bits per heavy atom. The van der Waals surface area contributed by atoms with Crippen molar-refractivity contribution in [2.75, 3.05) is 5.32 Å². The summed E-state index contributed by atoms with van der Waals surface area (Å²) in [5.41, 5.74) is 0.822. The van der Waals surface area contributed by atoms with Crippen LogP contribution < -0.4 is 5.32 Å². The van der Waals surface area contributed by atoms with Crippen molar-refractivity contribution in [2.24, 2.45) is 0 Å². The number of carbonyl (C=O) groups is 1. The minimum atomic E-state index is -0.820. The third-order valence-electron chi connectivity index (χ3n) is 3.23. The monoisotopic (exact) mass is 333 g/mol. The summed E-state index contributed by atoms with van der Waals surface area (Å²) in [6.07, 6.45) is 2.85. The van der Waals surface area contributed by atoms with Crippen LogP contribution in [0.4, 0.5) is 14.5 Å². The van der Waals surface area contributed by atoms with Gasteiger partial charge in [0.2, 0.25) is 0 Å². The third kappa shape index (κ3) is 2.98. The number of hydrogen-bond donors (Lipinski definition) is 1. The fraction of sp³-hybridized carbons (Fsp3) is 0.0625. The van der Waals surface area contributed by atoms with Crippen LogP contribution >= 0.6 is 11.6 Å². The summed E-state index contributed by atoms with van der Waals surface area (Å²) in [7, 11) is 0. The molecule has 1 heterocycles. The van der Waals surface area contributed by atoms with Crippen LogP contribution in [0.2, 0.25) is 5.02 Å². The molecule has 0 unspecified atom stereocenters. The van der Waals surface area contributed by atoms with Gasteiger partial charge in [0.1, 0.15) is 11.6 Å². The average molecular weight is 334 g/mol. The van der Waals surface area contributed by atoms with E-state index in [2.05, 4.69) is 15.3 Å². The highest BCUT2D eigenvalue weighted by atomic mass is 35.5. The van der Waals surface area contributed by atoms with Gasteiger partial charge in [-0.25, -0.2) is 8.78 Å². The molecule has 0 fully saturated rings. The zero-order valence-corrected chi connectivity index (χ0v) is 12.7. The fourth-order valence-electron chi connectivity index (χ4n) is 2.16. The van der Waals surface area contributed by atoms with Crippen molar-refractivity contribution in [1.82, 2.24) is 9.97 Å². The first-order valence-electron chi connectivity index (χ1n) is 6.63. The van der Waals surface area contributed by atoms with Crippen molar-refractivity contribution in [2.45, 2.75) is 6.92 Å². The summed E-state index contributed by atoms with van der Waals surface area (Å²) in [5, 5.41) is 2.33. The van der Waals surface area contributed by atoms with Crippen LogP contribution in [0.25, 0.3) is 11.0 Å². The number of fused-ring (bicyclic) bond motifs is 1. The van der Waals surface area contributed by atoms with Crippen molar-refractivity contribution in [3.63, 3.8) is 0 Å². The third-order valence-corrected chi connectivity index (χ3v) is 3.53. The van der Waals surface area contributed by atoms with Gasteiger partial charge < -0.3 is 5.32 Å². The van der Waals surface area contributed by atoms with E-state index >= 15 is 0 Å². The first-order chi connectivity index (χ1) is 11.0. The largest absolute Gasteiger partial charge is 0.318 e. The fourth-order valence-corrected chi connectivity index (χ4v) is 2.47. The smallest absolute Gasteiger partial charge is 0.258 e. The van der Waals surface area contributed by atoms with Gasteiger partial charge >= 0.3 is 0 Å². The van der Waals surface area contributed by atoms with Crippen LogP contribution in [0.15, 0.2) is 36.7 Å². The highest BCUT2D eigenvalue weighted by molar-refractivity contribution is 6.34. The Morgan fingerprint density at radius 2 is 1.70 bits per heavy atom. The maximum atomic E-state index is 14.1. The zero-order chi connectivity index (χ0) is 16.6. The molecule has 0 saturated heterocycles. The van der Waals surface area contributed by atoms with Crippen LogP contribution in [-0.2, 0) is 0 Å². The van der Waals surface area contributed by atoms with Crippen molar-refractivity contribution in [1.29, 1.82) is 0 Å². The Labute approximate surface area is 135 Å². The summed E-state index contributed by atoms with van der Waals surface area (Å²) >= 11 is 5.93. The lowest BCUT2D eigenvalue weighted by atomic mass is 10.1. The van der Waals surface area contributed by atoms with E-state index in [0.717, 1.165) is 6.07 Å². The SMILES string of the molecule is Cc1cc(F)c(NC(=O)c2cc3nccnc3cc2F)c(Cl)c1. The molecule has 0 spiro atoms. The Kier molecular flexibility index (Phi) is 3.92. The van der Waals surface area contributed by atoms with Gasteiger partial charge in [0.05, 0.1) is 27.3 Å². The minimum Gasteiger partial charge on any atom is -0.318 e. The molecule has 116 valence electrons. The lowest BCUT2D eigenvalue weighted by Crippen LogP contribution is -2.15. The standard InChI is InChI=1S/C16H10ClF2N3O/c1-8-4-10(17)15(12(19)5-8)22-16(23)9-6-13-14(7-11(9)18)21-3-2-20-13/h2-7H,1H3,(H,22,23). The second-order valence-corrected chi connectivity index (χ2v) is 5.34. The molecule has 2 aromatic carbocycles. The number of halogens is 3. The second kappa shape index (κ2) is 5.89. The van der Waals surface area contributed by atoms with Gasteiger partial charge in [-0.3, -0.25) is 14.8 Å². The zero-order valence-electron chi connectivity index (χ0n) is 11.9. The second-order valence-electron chi connectivity index (χ2n) is 4.93. The maximum absolute atomic E-state index is 14.1. The number of nitrogens with one attached hydrogen (secondary N) is 1. The van der Waals surface area contributed by atoms with E-state index < -0.39 is 17.5 Å². The topological polar surface area (TPSA) is 54.9 Å². The molecule has 0 saturated carbocycles. The van der Waals surface area contributed by atoms with E-state index in [-0.39, 0.29) is 16.3 Å². The summed E-state index contributed by atoms with van der Waals surface area (Å²) in [6, 6.07) is 5.09. The quantitative estimate of drug-likeness (QED) is 0.767. The Balaban J connectivity index is 2.00. The number of rotatable bonds is 2. The highest BCUT2D eigenvalue weighted by Gasteiger charge is 2.17. The highest BCUT2D eigenvalue weighted by Crippen LogP contribution is 2.27. The Morgan fingerprint density at radius 3 is 2.35 bits per heavy atom. The molecule has 3 rings (SSSR count). The molecule has 4 nitrogen and oxygen atoms in total. The summed E-state index contributed by atoms with van der Waals surface area (Å²) in [5.74, 6) is -2.29. The van der Waals surface area contributed by atoms with Crippen LogP contribution in [0, 0.1) is 18.6 Å². The van der Waals surface area contributed by atoms with Crippen molar-refractivity contribution in [3.8, 4) is 0 Å². The van der Waals surface area contributed by atoms with Crippen LogP contribution in [0.5, 0.6) is 0 Å². The Bertz CT molecular complexity index is 907. The number of nitrogens with zero attached hydrogens (tertiary/aromatic N) is 2. The molecule has 0 aliphatic heterocycles. The van der Waals surface area contributed by atoms with Gasteiger partial charge in [-0.15, -0.1) is 0 Å².